The molecule has 1 heterocycles. The number of halogens is 1. The fourth-order valence-electron chi connectivity index (χ4n) is 2.37. The van der Waals surface area contributed by atoms with Crippen molar-refractivity contribution in [3.05, 3.63) is 23.5 Å². The van der Waals surface area contributed by atoms with Crippen molar-refractivity contribution in [2.45, 2.75) is 19.8 Å². The molecule has 0 atom stereocenters. The molecule has 0 saturated carbocycles. The van der Waals surface area contributed by atoms with Crippen LogP contribution in [0.4, 0.5) is 10.2 Å². The van der Waals surface area contributed by atoms with E-state index in [0.29, 0.717) is 36.1 Å². The van der Waals surface area contributed by atoms with Gasteiger partial charge in [0.2, 0.25) is 12.3 Å². The first kappa shape index (κ1) is 15.9. The molecule has 0 fully saturated rings. The number of amides is 2. The molecule has 0 aliphatic rings. The maximum absolute atomic E-state index is 14.0. The summed E-state index contributed by atoms with van der Waals surface area (Å²) in [5.74, 6) is -0.00385. The minimum absolute atomic E-state index is 0.156. The van der Waals surface area contributed by atoms with E-state index in [9.17, 15) is 14.0 Å². The molecule has 0 aliphatic heterocycles. The van der Waals surface area contributed by atoms with Crippen molar-refractivity contribution in [3.63, 3.8) is 0 Å². The molecule has 1 N–H and O–H groups in total. The van der Waals surface area contributed by atoms with Gasteiger partial charge in [0.15, 0.2) is 5.82 Å². The van der Waals surface area contributed by atoms with Crippen LogP contribution in [-0.2, 0) is 23.1 Å². The summed E-state index contributed by atoms with van der Waals surface area (Å²) in [6, 6.07) is 3.28. The second kappa shape index (κ2) is 6.55. The molecule has 118 valence electrons. The predicted molar refractivity (Wildman–Crippen MR) is 82.1 cm³/mol. The number of nitrogens with zero attached hydrogens (tertiary/aromatic N) is 3. The van der Waals surface area contributed by atoms with Crippen LogP contribution in [0.3, 0.4) is 0 Å². The highest BCUT2D eigenvalue weighted by Crippen LogP contribution is 2.27. The zero-order valence-corrected chi connectivity index (χ0v) is 12.9. The molecule has 0 aliphatic carbocycles. The molecular weight excluding hydrogens is 287 g/mol. The summed E-state index contributed by atoms with van der Waals surface area (Å²) < 4.78 is 15.7. The number of hydrogen-bond donors (Lipinski definition) is 1. The van der Waals surface area contributed by atoms with Crippen LogP contribution in [0.2, 0.25) is 0 Å². The van der Waals surface area contributed by atoms with E-state index in [1.165, 1.54) is 6.07 Å². The quantitative estimate of drug-likeness (QED) is 0.819. The largest absolute Gasteiger partial charge is 0.357 e. The number of benzene rings is 1. The Morgan fingerprint density at radius 3 is 2.86 bits per heavy atom. The number of fused-ring (bicyclic) bond motifs is 1. The van der Waals surface area contributed by atoms with Crippen molar-refractivity contribution in [1.82, 2.24) is 15.1 Å². The summed E-state index contributed by atoms with van der Waals surface area (Å²) >= 11 is 0. The maximum atomic E-state index is 14.0. The topological polar surface area (TPSA) is 67.2 Å². The van der Waals surface area contributed by atoms with Gasteiger partial charge in [0.25, 0.3) is 0 Å². The van der Waals surface area contributed by atoms with Crippen LogP contribution in [0.25, 0.3) is 10.9 Å². The highest BCUT2D eigenvalue weighted by Gasteiger charge is 2.16. The lowest BCUT2D eigenvalue weighted by atomic mass is 10.1. The molecule has 2 aromatic rings. The van der Waals surface area contributed by atoms with Gasteiger partial charge in [0.1, 0.15) is 5.82 Å². The van der Waals surface area contributed by atoms with Gasteiger partial charge in [-0.2, -0.15) is 5.10 Å². The van der Waals surface area contributed by atoms with Crippen molar-refractivity contribution in [3.8, 4) is 0 Å². The van der Waals surface area contributed by atoms with E-state index in [1.807, 2.05) is 6.92 Å². The van der Waals surface area contributed by atoms with E-state index >= 15 is 0 Å². The van der Waals surface area contributed by atoms with Gasteiger partial charge in [-0.3, -0.25) is 19.6 Å². The second-order valence-corrected chi connectivity index (χ2v) is 5.12. The molecule has 22 heavy (non-hydrogen) atoms. The molecule has 7 heteroatoms. The fraction of sp³-hybridized carbons (Fsp3) is 0.400. The molecule has 0 spiro atoms. The number of nitrogens with one attached hydrogen (secondary N) is 1. The van der Waals surface area contributed by atoms with Crippen LogP contribution in [0.1, 0.15) is 18.9 Å². The summed E-state index contributed by atoms with van der Waals surface area (Å²) in [6.45, 7) is 2.28. The van der Waals surface area contributed by atoms with Crippen LogP contribution in [0.5, 0.6) is 0 Å². The third-order valence-corrected chi connectivity index (χ3v) is 3.64. The molecule has 0 bridgehead atoms. The molecule has 2 amide bonds. The van der Waals surface area contributed by atoms with Crippen LogP contribution < -0.4 is 10.2 Å². The molecule has 2 rings (SSSR count). The van der Waals surface area contributed by atoms with E-state index in [1.54, 1.807) is 29.7 Å². The fourth-order valence-corrected chi connectivity index (χ4v) is 2.37. The van der Waals surface area contributed by atoms with E-state index in [4.69, 9.17) is 0 Å². The van der Waals surface area contributed by atoms with Crippen molar-refractivity contribution in [1.29, 1.82) is 0 Å². The van der Waals surface area contributed by atoms with Gasteiger partial charge in [0.05, 0.1) is 5.52 Å². The average molecular weight is 306 g/mol. The first-order valence-corrected chi connectivity index (χ1v) is 7.07. The first-order valence-electron chi connectivity index (χ1n) is 7.07. The lowest BCUT2D eigenvalue weighted by Crippen LogP contribution is -2.28. The number of carbonyl (C=O) groups is 2. The minimum atomic E-state index is -0.360. The summed E-state index contributed by atoms with van der Waals surface area (Å²) in [6.07, 6.45) is 1.13. The normalized spacial score (nSPS) is 10.7. The number of aromatic nitrogens is 2. The Bertz CT molecular complexity index is 711. The van der Waals surface area contributed by atoms with E-state index in [-0.39, 0.29) is 18.1 Å². The Morgan fingerprint density at radius 1 is 1.50 bits per heavy atom. The van der Waals surface area contributed by atoms with E-state index < -0.39 is 0 Å². The van der Waals surface area contributed by atoms with Crippen LogP contribution in [-0.4, -0.2) is 35.7 Å². The molecule has 0 saturated heterocycles. The van der Waals surface area contributed by atoms with Gasteiger partial charge in [-0.05, 0) is 24.1 Å². The lowest BCUT2D eigenvalue weighted by Gasteiger charge is -2.16. The Morgan fingerprint density at radius 2 is 2.23 bits per heavy atom. The Kier molecular flexibility index (Phi) is 4.75. The van der Waals surface area contributed by atoms with E-state index in [0.717, 1.165) is 5.52 Å². The number of anilines is 1. The van der Waals surface area contributed by atoms with Crippen molar-refractivity contribution in [2.24, 2.45) is 7.05 Å². The molecule has 0 unspecified atom stereocenters. The van der Waals surface area contributed by atoms with Crippen LogP contribution in [0, 0.1) is 5.82 Å². The lowest BCUT2D eigenvalue weighted by molar-refractivity contribution is -0.125. The molecule has 0 radical (unpaired) electrons. The van der Waals surface area contributed by atoms with Crippen molar-refractivity contribution >= 4 is 29.0 Å². The van der Waals surface area contributed by atoms with Crippen LogP contribution >= 0.6 is 0 Å². The van der Waals surface area contributed by atoms with Crippen molar-refractivity contribution in [2.75, 3.05) is 18.5 Å². The number of aryl methyl sites for hydroxylation is 2. The number of rotatable bonds is 6. The number of carbonyl (C=O) groups excluding carboxylic acids is 2. The summed E-state index contributed by atoms with van der Waals surface area (Å²) in [7, 11) is 3.58. The first-order chi connectivity index (χ1) is 10.5. The zero-order valence-electron chi connectivity index (χ0n) is 12.9. The molecule has 6 nitrogen and oxygen atoms in total. The average Bonchev–Trinajstić information content (AvgIpc) is 2.80. The summed E-state index contributed by atoms with van der Waals surface area (Å²) in [4.78, 5) is 23.3. The third-order valence-electron chi connectivity index (χ3n) is 3.64. The molecule has 1 aromatic carbocycles. The maximum Gasteiger partial charge on any atom is 0.228 e. The second-order valence-electron chi connectivity index (χ2n) is 5.12. The van der Waals surface area contributed by atoms with Crippen LogP contribution in [0.15, 0.2) is 12.1 Å². The smallest absolute Gasteiger partial charge is 0.228 e. The number of hydrogen-bond acceptors (Lipinski definition) is 4. The molecular formula is C15H19FN4O2. The standard InChI is InChI=1S/C15H19FN4O2/c1-4-10-7-13-11(8-12(10)16)15(18-20(13)3)19(2)6-5-14(22)17-9-21/h7-9H,4-6H2,1-3H3,(H,17,21,22). The Labute approximate surface area is 127 Å². The Hall–Kier alpha value is -2.44. The van der Waals surface area contributed by atoms with Gasteiger partial charge in [0, 0.05) is 32.4 Å². The molecule has 1 aromatic heterocycles. The summed E-state index contributed by atoms with van der Waals surface area (Å²) in [5, 5.41) is 7.20. The minimum Gasteiger partial charge on any atom is -0.357 e. The SMILES string of the molecule is CCc1cc2c(cc1F)c(N(C)CCC(=O)NC=O)nn2C. The Balaban J connectivity index is 2.29. The van der Waals surface area contributed by atoms with Gasteiger partial charge in [-0.15, -0.1) is 0 Å². The van der Waals surface area contributed by atoms with Gasteiger partial charge in [-0.1, -0.05) is 6.92 Å². The predicted octanol–water partition coefficient (Wildman–Crippen LogP) is 1.37. The van der Waals surface area contributed by atoms with Gasteiger partial charge >= 0.3 is 0 Å². The third kappa shape index (κ3) is 3.08. The zero-order chi connectivity index (χ0) is 16.3. The summed E-state index contributed by atoms with van der Waals surface area (Å²) in [5.41, 5.74) is 1.49. The van der Waals surface area contributed by atoms with Gasteiger partial charge < -0.3 is 4.90 Å². The van der Waals surface area contributed by atoms with Gasteiger partial charge in [-0.25, -0.2) is 4.39 Å². The highest BCUT2D eigenvalue weighted by molar-refractivity contribution is 5.91. The monoisotopic (exact) mass is 306 g/mol. The number of imide groups is 1. The van der Waals surface area contributed by atoms with Crippen molar-refractivity contribution < 1.29 is 14.0 Å². The highest BCUT2D eigenvalue weighted by atomic mass is 19.1. The van der Waals surface area contributed by atoms with E-state index in [2.05, 4.69) is 10.4 Å².